The molecule has 0 aliphatic heterocycles. The fourth-order valence-electron chi connectivity index (χ4n) is 2.43. The minimum Gasteiger partial charge on any atom is -0.493 e. The molecule has 0 saturated heterocycles. The van der Waals surface area contributed by atoms with Crippen molar-refractivity contribution in [2.75, 3.05) is 19.5 Å². The first-order chi connectivity index (χ1) is 11.5. The Bertz CT molecular complexity index is 918. The van der Waals surface area contributed by atoms with Gasteiger partial charge in [-0.15, -0.1) is 0 Å². The lowest BCUT2D eigenvalue weighted by molar-refractivity contribution is 0.102. The van der Waals surface area contributed by atoms with E-state index < -0.39 is 0 Å². The van der Waals surface area contributed by atoms with E-state index in [9.17, 15) is 4.79 Å². The van der Waals surface area contributed by atoms with E-state index in [4.69, 9.17) is 9.47 Å². The topological polar surface area (TPSA) is 60.5 Å². The highest BCUT2D eigenvalue weighted by atomic mass is 32.1. The number of carbonyl (C=O) groups is 1. The first kappa shape index (κ1) is 16.3. The molecular weight excluding hydrogens is 324 g/mol. The lowest BCUT2D eigenvalue weighted by Gasteiger charge is -2.09. The summed E-state index contributed by atoms with van der Waals surface area (Å²) < 4.78 is 11.5. The number of amides is 1. The number of benzene rings is 2. The first-order valence-corrected chi connectivity index (χ1v) is 8.25. The van der Waals surface area contributed by atoms with Crippen molar-refractivity contribution in [3.8, 4) is 11.5 Å². The maximum Gasteiger partial charge on any atom is 0.257 e. The molecule has 0 atom stereocenters. The standard InChI is InChI=1S/C18H18N2O3S/c1-10-5-8-15-16(11(10)2)19-18(24-15)20-17(21)12-6-7-13(22-3)14(9-12)23-4/h5-9H,1-4H3,(H,19,20,21). The molecule has 0 aliphatic rings. The summed E-state index contributed by atoms with van der Waals surface area (Å²) in [7, 11) is 3.10. The third-order valence-corrected chi connectivity index (χ3v) is 4.89. The lowest BCUT2D eigenvalue weighted by atomic mass is 10.1. The molecule has 0 bridgehead atoms. The molecular formula is C18H18N2O3S. The summed E-state index contributed by atoms with van der Waals surface area (Å²) in [4.78, 5) is 17.0. The van der Waals surface area contributed by atoms with Crippen LogP contribution in [-0.4, -0.2) is 25.1 Å². The van der Waals surface area contributed by atoms with Crippen LogP contribution in [0.1, 0.15) is 21.5 Å². The maximum atomic E-state index is 12.5. The third-order valence-electron chi connectivity index (χ3n) is 3.95. The summed E-state index contributed by atoms with van der Waals surface area (Å²) in [5, 5.41) is 3.44. The molecule has 1 heterocycles. The number of methoxy groups -OCH3 is 2. The quantitative estimate of drug-likeness (QED) is 0.772. The molecule has 5 nitrogen and oxygen atoms in total. The smallest absolute Gasteiger partial charge is 0.257 e. The van der Waals surface area contributed by atoms with Gasteiger partial charge in [-0.25, -0.2) is 4.98 Å². The number of nitrogens with one attached hydrogen (secondary N) is 1. The number of fused-ring (bicyclic) bond motifs is 1. The number of aromatic nitrogens is 1. The summed E-state index contributed by atoms with van der Waals surface area (Å²) in [6, 6.07) is 9.15. The Balaban J connectivity index is 1.88. The van der Waals surface area contributed by atoms with E-state index >= 15 is 0 Å². The van der Waals surface area contributed by atoms with Crippen molar-refractivity contribution in [2.45, 2.75) is 13.8 Å². The van der Waals surface area contributed by atoms with E-state index in [1.807, 2.05) is 13.0 Å². The average Bonchev–Trinajstić information content (AvgIpc) is 3.00. The van der Waals surface area contributed by atoms with Crippen molar-refractivity contribution in [1.82, 2.24) is 4.98 Å². The minimum atomic E-state index is -0.232. The number of rotatable bonds is 4. The minimum absolute atomic E-state index is 0.232. The van der Waals surface area contributed by atoms with Crippen molar-refractivity contribution in [2.24, 2.45) is 0 Å². The molecule has 3 aromatic rings. The summed E-state index contributed by atoms with van der Waals surface area (Å²) >= 11 is 1.46. The van der Waals surface area contributed by atoms with E-state index in [-0.39, 0.29) is 5.91 Å². The van der Waals surface area contributed by atoms with Crippen LogP contribution in [0.5, 0.6) is 11.5 Å². The van der Waals surface area contributed by atoms with E-state index in [1.54, 1.807) is 25.3 Å². The molecule has 0 spiro atoms. The molecule has 2 aromatic carbocycles. The van der Waals surface area contributed by atoms with Gasteiger partial charge in [0.05, 0.1) is 24.4 Å². The zero-order valence-electron chi connectivity index (χ0n) is 14.0. The Labute approximate surface area is 144 Å². The molecule has 6 heteroatoms. The molecule has 0 saturated carbocycles. The Kier molecular flexibility index (Phi) is 4.40. The predicted octanol–water partition coefficient (Wildman–Crippen LogP) is 4.18. The second-order valence-electron chi connectivity index (χ2n) is 5.40. The van der Waals surface area contributed by atoms with Crippen molar-refractivity contribution in [1.29, 1.82) is 0 Å². The monoisotopic (exact) mass is 342 g/mol. The molecule has 24 heavy (non-hydrogen) atoms. The van der Waals surface area contributed by atoms with Crippen LogP contribution in [0, 0.1) is 13.8 Å². The third kappa shape index (κ3) is 2.92. The van der Waals surface area contributed by atoms with Crippen LogP contribution in [-0.2, 0) is 0 Å². The Hall–Kier alpha value is -2.60. The van der Waals surface area contributed by atoms with E-state index in [0.29, 0.717) is 22.2 Å². The van der Waals surface area contributed by atoms with Crippen molar-refractivity contribution >= 4 is 32.6 Å². The molecule has 0 fully saturated rings. The number of nitrogens with zero attached hydrogens (tertiary/aromatic N) is 1. The van der Waals surface area contributed by atoms with Crippen molar-refractivity contribution < 1.29 is 14.3 Å². The van der Waals surface area contributed by atoms with Gasteiger partial charge in [-0.05, 0) is 49.2 Å². The van der Waals surface area contributed by atoms with Gasteiger partial charge in [-0.1, -0.05) is 17.4 Å². The number of hydrogen-bond donors (Lipinski definition) is 1. The highest BCUT2D eigenvalue weighted by Crippen LogP contribution is 2.31. The van der Waals surface area contributed by atoms with Crippen molar-refractivity contribution in [3.63, 3.8) is 0 Å². The van der Waals surface area contributed by atoms with Gasteiger partial charge < -0.3 is 9.47 Å². The van der Waals surface area contributed by atoms with Crippen LogP contribution in [0.3, 0.4) is 0 Å². The number of aryl methyl sites for hydroxylation is 2. The molecule has 1 aromatic heterocycles. The number of carbonyl (C=O) groups excluding carboxylic acids is 1. The molecule has 0 radical (unpaired) electrons. The fourth-order valence-corrected chi connectivity index (χ4v) is 3.35. The summed E-state index contributed by atoms with van der Waals surface area (Å²) in [6.45, 7) is 4.09. The van der Waals surface area contributed by atoms with Crippen molar-refractivity contribution in [3.05, 3.63) is 47.0 Å². The highest BCUT2D eigenvalue weighted by molar-refractivity contribution is 7.22. The SMILES string of the molecule is COc1ccc(C(=O)Nc2nc3c(C)c(C)ccc3s2)cc1OC. The lowest BCUT2D eigenvalue weighted by Crippen LogP contribution is -2.11. The predicted molar refractivity (Wildman–Crippen MR) is 96.6 cm³/mol. The van der Waals surface area contributed by atoms with Crippen LogP contribution < -0.4 is 14.8 Å². The zero-order chi connectivity index (χ0) is 17.3. The zero-order valence-corrected chi connectivity index (χ0v) is 14.8. The summed E-state index contributed by atoms with van der Waals surface area (Å²) in [5.74, 6) is 0.866. The molecule has 3 rings (SSSR count). The second-order valence-corrected chi connectivity index (χ2v) is 6.43. The van der Waals surface area contributed by atoms with Crippen LogP contribution in [0.4, 0.5) is 5.13 Å². The van der Waals surface area contributed by atoms with E-state index in [2.05, 4.69) is 23.3 Å². The Morgan fingerprint density at radius 3 is 2.54 bits per heavy atom. The molecule has 124 valence electrons. The van der Waals surface area contributed by atoms with Crippen LogP contribution in [0.15, 0.2) is 30.3 Å². The van der Waals surface area contributed by atoms with Crippen LogP contribution >= 0.6 is 11.3 Å². The fraction of sp³-hybridized carbons (Fsp3) is 0.222. The van der Waals surface area contributed by atoms with Gasteiger partial charge >= 0.3 is 0 Å². The van der Waals surface area contributed by atoms with Crippen LogP contribution in [0.2, 0.25) is 0 Å². The highest BCUT2D eigenvalue weighted by Gasteiger charge is 2.14. The number of anilines is 1. The summed E-state index contributed by atoms with van der Waals surface area (Å²) in [5.41, 5.74) is 3.74. The normalized spacial score (nSPS) is 10.7. The largest absolute Gasteiger partial charge is 0.493 e. The number of ether oxygens (including phenoxy) is 2. The van der Waals surface area contributed by atoms with E-state index in [1.165, 1.54) is 24.0 Å². The molecule has 0 unspecified atom stereocenters. The molecule has 0 aliphatic carbocycles. The van der Waals surface area contributed by atoms with Crippen LogP contribution in [0.25, 0.3) is 10.2 Å². The average molecular weight is 342 g/mol. The number of hydrogen-bond acceptors (Lipinski definition) is 5. The van der Waals surface area contributed by atoms with Gasteiger partial charge in [-0.3, -0.25) is 10.1 Å². The Morgan fingerprint density at radius 2 is 1.83 bits per heavy atom. The van der Waals surface area contributed by atoms with Gasteiger partial charge in [-0.2, -0.15) is 0 Å². The second kappa shape index (κ2) is 6.49. The maximum absolute atomic E-state index is 12.5. The van der Waals surface area contributed by atoms with E-state index in [0.717, 1.165) is 15.8 Å². The van der Waals surface area contributed by atoms with Gasteiger partial charge in [0, 0.05) is 5.56 Å². The number of thiazole rings is 1. The molecule has 1 amide bonds. The van der Waals surface area contributed by atoms with Gasteiger partial charge in [0.25, 0.3) is 5.91 Å². The first-order valence-electron chi connectivity index (χ1n) is 7.43. The Morgan fingerprint density at radius 1 is 1.08 bits per heavy atom. The van der Waals surface area contributed by atoms with Gasteiger partial charge in [0.1, 0.15) is 0 Å². The summed E-state index contributed by atoms with van der Waals surface area (Å²) in [6.07, 6.45) is 0. The van der Waals surface area contributed by atoms with Gasteiger partial charge in [0.2, 0.25) is 0 Å². The van der Waals surface area contributed by atoms with Gasteiger partial charge in [0.15, 0.2) is 16.6 Å². The molecule has 1 N–H and O–H groups in total.